The molecular weight excluding hydrogens is 360 g/mol. The summed E-state index contributed by atoms with van der Waals surface area (Å²) in [5, 5.41) is 1.04. The van der Waals surface area contributed by atoms with Gasteiger partial charge >= 0.3 is 0 Å². The van der Waals surface area contributed by atoms with Crippen molar-refractivity contribution in [1.82, 2.24) is 9.97 Å². The second-order valence-electron chi connectivity index (χ2n) is 6.01. The third-order valence-corrected chi connectivity index (χ3v) is 4.59. The van der Waals surface area contributed by atoms with Gasteiger partial charge in [-0.1, -0.05) is 48.5 Å². The van der Waals surface area contributed by atoms with Crippen LogP contribution < -0.4 is 9.47 Å². The van der Waals surface area contributed by atoms with Crippen LogP contribution in [0.15, 0.2) is 66.7 Å². The van der Waals surface area contributed by atoms with Gasteiger partial charge in [0.25, 0.3) is 0 Å². The van der Waals surface area contributed by atoms with Crippen LogP contribution in [-0.4, -0.2) is 24.2 Å². The normalized spacial score (nSPS) is 10.8. The molecule has 3 aromatic carbocycles. The van der Waals surface area contributed by atoms with Crippen LogP contribution in [0, 0.1) is 0 Å². The number of hydrogen-bond acceptors (Lipinski definition) is 4. The quantitative estimate of drug-likeness (QED) is 0.433. The highest BCUT2D eigenvalue weighted by atomic mass is 35.5. The Hall–Kier alpha value is -3.11. The van der Waals surface area contributed by atoms with E-state index >= 15 is 0 Å². The highest BCUT2D eigenvalue weighted by Crippen LogP contribution is 2.37. The summed E-state index contributed by atoms with van der Waals surface area (Å²) in [5.74, 6) is 1.22. The van der Waals surface area contributed by atoms with Crippen LogP contribution in [0.2, 0.25) is 5.28 Å². The Kier molecular flexibility index (Phi) is 4.65. The van der Waals surface area contributed by atoms with Gasteiger partial charge in [-0.3, -0.25) is 0 Å². The summed E-state index contributed by atoms with van der Waals surface area (Å²) in [6.07, 6.45) is 0. The lowest BCUT2D eigenvalue weighted by Crippen LogP contribution is -1.95. The molecule has 4 nitrogen and oxygen atoms in total. The summed E-state index contributed by atoms with van der Waals surface area (Å²) in [7, 11) is 3.20. The van der Waals surface area contributed by atoms with Gasteiger partial charge in [0.05, 0.1) is 25.4 Å². The van der Waals surface area contributed by atoms with E-state index in [0.29, 0.717) is 17.0 Å². The topological polar surface area (TPSA) is 44.2 Å². The molecule has 0 fully saturated rings. The van der Waals surface area contributed by atoms with E-state index in [0.717, 1.165) is 27.8 Å². The minimum atomic E-state index is 0.190. The van der Waals surface area contributed by atoms with E-state index in [4.69, 9.17) is 21.1 Å². The van der Waals surface area contributed by atoms with Gasteiger partial charge in [-0.2, -0.15) is 0 Å². The Balaban J connectivity index is 1.94. The minimum absolute atomic E-state index is 0.190. The molecule has 0 spiro atoms. The van der Waals surface area contributed by atoms with Crippen molar-refractivity contribution in [3.05, 3.63) is 72.0 Å². The maximum absolute atomic E-state index is 6.21. The molecule has 0 aliphatic rings. The molecule has 4 aromatic rings. The Bertz CT molecular complexity index is 1110. The smallest absolute Gasteiger partial charge is 0.223 e. The average molecular weight is 377 g/mol. The second kappa shape index (κ2) is 7.25. The summed E-state index contributed by atoms with van der Waals surface area (Å²) in [6, 6.07) is 22.1. The molecule has 1 aromatic heterocycles. The fraction of sp³-hybridized carbons (Fsp3) is 0.0909. The lowest BCUT2D eigenvalue weighted by Gasteiger charge is -2.12. The van der Waals surface area contributed by atoms with Crippen molar-refractivity contribution in [2.45, 2.75) is 0 Å². The SMILES string of the molecule is COc1cc2nc(Cl)nc(-c3cccc(-c4ccccc4)c3)c2cc1OC. The molecule has 0 radical (unpaired) electrons. The molecule has 1 heterocycles. The number of fused-ring (bicyclic) bond motifs is 1. The lowest BCUT2D eigenvalue weighted by molar-refractivity contribution is 0.356. The lowest BCUT2D eigenvalue weighted by atomic mass is 10.00. The van der Waals surface area contributed by atoms with Crippen molar-refractivity contribution in [2.75, 3.05) is 14.2 Å². The van der Waals surface area contributed by atoms with Gasteiger partial charge in [0.2, 0.25) is 5.28 Å². The van der Waals surface area contributed by atoms with Gasteiger partial charge in [-0.25, -0.2) is 9.97 Å². The monoisotopic (exact) mass is 376 g/mol. The number of ether oxygens (including phenoxy) is 2. The Morgan fingerprint density at radius 1 is 0.704 bits per heavy atom. The maximum Gasteiger partial charge on any atom is 0.223 e. The number of halogens is 1. The van der Waals surface area contributed by atoms with E-state index < -0.39 is 0 Å². The molecule has 0 amide bonds. The second-order valence-corrected chi connectivity index (χ2v) is 6.35. The van der Waals surface area contributed by atoms with Crippen molar-refractivity contribution in [3.63, 3.8) is 0 Å². The molecular formula is C22H17ClN2O2. The Labute approximate surface area is 162 Å². The molecule has 5 heteroatoms. The standard InChI is InChI=1S/C22H17ClN2O2/c1-26-19-12-17-18(13-20(19)27-2)24-22(23)25-21(17)16-10-6-9-15(11-16)14-7-4-3-5-8-14/h3-13H,1-2H3. The zero-order valence-corrected chi connectivity index (χ0v) is 15.7. The van der Waals surface area contributed by atoms with Crippen molar-refractivity contribution >= 4 is 22.5 Å². The summed E-state index contributed by atoms with van der Waals surface area (Å²) in [6.45, 7) is 0. The predicted molar refractivity (Wildman–Crippen MR) is 109 cm³/mol. The van der Waals surface area contributed by atoms with Crippen LogP contribution in [0.1, 0.15) is 0 Å². The van der Waals surface area contributed by atoms with Crippen LogP contribution in [0.4, 0.5) is 0 Å². The first-order valence-electron chi connectivity index (χ1n) is 8.44. The number of benzene rings is 3. The summed E-state index contributed by atoms with van der Waals surface area (Å²) in [5.41, 5.74) is 4.66. The molecule has 4 rings (SSSR count). The molecule has 0 saturated heterocycles. The van der Waals surface area contributed by atoms with Gasteiger partial charge in [0.15, 0.2) is 11.5 Å². The van der Waals surface area contributed by atoms with Crippen LogP contribution in [-0.2, 0) is 0 Å². The summed E-state index contributed by atoms with van der Waals surface area (Å²) in [4.78, 5) is 8.84. The largest absolute Gasteiger partial charge is 0.493 e. The molecule has 0 saturated carbocycles. The van der Waals surface area contributed by atoms with Crippen LogP contribution in [0.5, 0.6) is 11.5 Å². The number of hydrogen-bond donors (Lipinski definition) is 0. The Morgan fingerprint density at radius 3 is 2.11 bits per heavy atom. The van der Waals surface area contributed by atoms with Crippen molar-refractivity contribution in [2.24, 2.45) is 0 Å². The number of aromatic nitrogens is 2. The predicted octanol–water partition coefficient (Wildman–Crippen LogP) is 5.63. The van der Waals surface area contributed by atoms with E-state index in [9.17, 15) is 0 Å². The van der Waals surface area contributed by atoms with Gasteiger partial charge in [0.1, 0.15) is 0 Å². The molecule has 0 N–H and O–H groups in total. The average Bonchev–Trinajstić information content (AvgIpc) is 2.73. The van der Waals surface area contributed by atoms with E-state index in [1.807, 2.05) is 42.5 Å². The number of rotatable bonds is 4. The number of methoxy groups -OCH3 is 2. The van der Waals surface area contributed by atoms with Gasteiger partial charge in [0, 0.05) is 17.0 Å². The highest BCUT2D eigenvalue weighted by molar-refractivity contribution is 6.29. The summed E-state index contributed by atoms with van der Waals surface area (Å²) >= 11 is 6.21. The van der Waals surface area contributed by atoms with Gasteiger partial charge in [-0.05, 0) is 34.9 Å². The number of nitrogens with zero attached hydrogens (tertiary/aromatic N) is 2. The zero-order valence-electron chi connectivity index (χ0n) is 14.9. The van der Waals surface area contributed by atoms with E-state index in [1.54, 1.807) is 14.2 Å². The van der Waals surface area contributed by atoms with E-state index in [2.05, 4.69) is 34.2 Å². The highest BCUT2D eigenvalue weighted by Gasteiger charge is 2.14. The molecule has 0 bridgehead atoms. The maximum atomic E-state index is 6.21. The first-order chi connectivity index (χ1) is 13.2. The fourth-order valence-corrected chi connectivity index (χ4v) is 3.30. The first kappa shape index (κ1) is 17.3. The fourth-order valence-electron chi connectivity index (χ4n) is 3.12. The molecule has 0 atom stereocenters. The van der Waals surface area contributed by atoms with Crippen molar-refractivity contribution < 1.29 is 9.47 Å². The van der Waals surface area contributed by atoms with E-state index in [1.165, 1.54) is 0 Å². The molecule has 0 aliphatic heterocycles. The Morgan fingerprint density at radius 2 is 1.37 bits per heavy atom. The van der Waals surface area contributed by atoms with Gasteiger partial charge < -0.3 is 9.47 Å². The first-order valence-corrected chi connectivity index (χ1v) is 8.82. The van der Waals surface area contributed by atoms with Gasteiger partial charge in [-0.15, -0.1) is 0 Å². The third-order valence-electron chi connectivity index (χ3n) is 4.42. The van der Waals surface area contributed by atoms with Crippen molar-refractivity contribution in [3.8, 4) is 33.9 Å². The van der Waals surface area contributed by atoms with Crippen LogP contribution in [0.3, 0.4) is 0 Å². The minimum Gasteiger partial charge on any atom is -0.493 e. The molecule has 0 unspecified atom stereocenters. The van der Waals surface area contributed by atoms with Crippen LogP contribution in [0.25, 0.3) is 33.3 Å². The molecule has 134 valence electrons. The summed E-state index contributed by atoms with van der Waals surface area (Å²) < 4.78 is 10.8. The molecule has 0 aliphatic carbocycles. The molecule has 27 heavy (non-hydrogen) atoms. The zero-order chi connectivity index (χ0) is 18.8. The third kappa shape index (κ3) is 3.32. The van der Waals surface area contributed by atoms with Crippen LogP contribution >= 0.6 is 11.6 Å². The van der Waals surface area contributed by atoms with E-state index in [-0.39, 0.29) is 5.28 Å². The van der Waals surface area contributed by atoms with Crippen molar-refractivity contribution in [1.29, 1.82) is 0 Å².